The van der Waals surface area contributed by atoms with E-state index in [1.165, 1.54) is 0 Å². The molecular weight excluding hydrogens is 276 g/mol. The molecule has 2 rings (SSSR count). The lowest BCUT2D eigenvalue weighted by Gasteiger charge is -2.14. The molecule has 22 heavy (non-hydrogen) atoms. The maximum absolute atomic E-state index is 12.0. The predicted octanol–water partition coefficient (Wildman–Crippen LogP) is 3.90. The van der Waals surface area contributed by atoms with Crippen LogP contribution in [0, 0.1) is 0 Å². The molecule has 0 bridgehead atoms. The van der Waals surface area contributed by atoms with Crippen LogP contribution < -0.4 is 10.2 Å². The van der Waals surface area contributed by atoms with Crippen LogP contribution in [0.3, 0.4) is 0 Å². The van der Waals surface area contributed by atoms with Gasteiger partial charge < -0.3 is 4.74 Å². The first-order chi connectivity index (χ1) is 10.6. The molecule has 0 spiro atoms. The van der Waals surface area contributed by atoms with Crippen LogP contribution in [0.2, 0.25) is 0 Å². The third-order valence-corrected chi connectivity index (χ3v) is 3.54. The van der Waals surface area contributed by atoms with E-state index in [1.54, 1.807) is 6.92 Å². The highest BCUT2D eigenvalue weighted by molar-refractivity contribution is 5.87. The van der Waals surface area contributed by atoms with Crippen molar-refractivity contribution in [3.05, 3.63) is 42.5 Å². The summed E-state index contributed by atoms with van der Waals surface area (Å²) in [5.41, 5.74) is 3.53. The Morgan fingerprint density at radius 1 is 1.14 bits per heavy atom. The number of carbonyl (C=O) groups is 1. The van der Waals surface area contributed by atoms with Crippen LogP contribution in [-0.2, 0) is 4.79 Å². The van der Waals surface area contributed by atoms with Crippen LogP contribution >= 0.6 is 0 Å². The van der Waals surface area contributed by atoms with Gasteiger partial charge in [-0.05, 0) is 42.7 Å². The summed E-state index contributed by atoms with van der Waals surface area (Å²) in [6.45, 7) is 5.75. The summed E-state index contributed by atoms with van der Waals surface area (Å²) in [7, 11) is 0. The van der Waals surface area contributed by atoms with Crippen LogP contribution in [-0.4, -0.2) is 17.7 Å². The molecule has 1 N–H and O–H groups in total. The second kappa shape index (κ2) is 7.59. The Balaban J connectivity index is 2.02. The predicted molar refractivity (Wildman–Crippen MR) is 90.2 cm³/mol. The molecule has 2 aromatic rings. The number of nitrogens with one attached hydrogen (secondary N) is 1. The second-order valence-electron chi connectivity index (χ2n) is 5.13. The largest absolute Gasteiger partial charge is 0.481 e. The van der Waals surface area contributed by atoms with E-state index in [-0.39, 0.29) is 5.91 Å². The van der Waals surface area contributed by atoms with Crippen molar-refractivity contribution in [1.29, 1.82) is 0 Å². The fourth-order valence-electron chi connectivity index (χ4n) is 2.13. The number of benzene rings is 2. The Morgan fingerprint density at radius 3 is 2.50 bits per heavy atom. The van der Waals surface area contributed by atoms with E-state index in [1.807, 2.05) is 56.3 Å². The van der Waals surface area contributed by atoms with Gasteiger partial charge in [0, 0.05) is 5.71 Å². The average molecular weight is 298 g/mol. The van der Waals surface area contributed by atoms with Gasteiger partial charge in [-0.3, -0.25) is 4.79 Å². The zero-order chi connectivity index (χ0) is 15.9. The molecule has 0 radical (unpaired) electrons. The summed E-state index contributed by atoms with van der Waals surface area (Å²) in [6, 6.07) is 13.8. The maximum Gasteiger partial charge on any atom is 0.280 e. The molecule has 4 heteroatoms. The number of hydrazone groups is 1. The third kappa shape index (κ3) is 4.07. The zero-order valence-corrected chi connectivity index (χ0v) is 13.3. The number of fused-ring (bicyclic) bond motifs is 1. The van der Waals surface area contributed by atoms with Gasteiger partial charge in [-0.25, -0.2) is 5.43 Å². The minimum Gasteiger partial charge on any atom is -0.481 e. The van der Waals surface area contributed by atoms with Crippen LogP contribution in [0.5, 0.6) is 5.75 Å². The Morgan fingerprint density at radius 2 is 1.82 bits per heavy atom. The number of rotatable bonds is 6. The zero-order valence-electron chi connectivity index (χ0n) is 13.3. The van der Waals surface area contributed by atoms with Crippen molar-refractivity contribution in [2.75, 3.05) is 0 Å². The molecule has 1 unspecified atom stereocenters. The van der Waals surface area contributed by atoms with Crippen molar-refractivity contribution in [3.8, 4) is 5.75 Å². The van der Waals surface area contributed by atoms with Crippen molar-refractivity contribution in [2.45, 2.75) is 39.7 Å². The number of hydrogen-bond donors (Lipinski definition) is 1. The minimum absolute atomic E-state index is 0.243. The van der Waals surface area contributed by atoms with Crippen LogP contribution in [0.25, 0.3) is 10.8 Å². The lowest BCUT2D eigenvalue weighted by Crippen LogP contribution is -2.34. The second-order valence-corrected chi connectivity index (χ2v) is 5.13. The molecule has 1 amide bonds. The molecule has 0 aliphatic heterocycles. The van der Waals surface area contributed by atoms with Crippen molar-refractivity contribution in [1.82, 2.24) is 5.43 Å². The molecule has 0 aliphatic carbocycles. The highest BCUT2D eigenvalue weighted by Crippen LogP contribution is 2.21. The van der Waals surface area contributed by atoms with Gasteiger partial charge in [0.25, 0.3) is 5.91 Å². The van der Waals surface area contributed by atoms with Gasteiger partial charge in [-0.1, -0.05) is 44.2 Å². The summed E-state index contributed by atoms with van der Waals surface area (Å²) in [6.07, 6.45) is 1.06. The molecule has 0 aliphatic rings. The van der Waals surface area contributed by atoms with Gasteiger partial charge in [0.2, 0.25) is 0 Å². The fraction of sp³-hybridized carbons (Fsp3) is 0.333. The van der Waals surface area contributed by atoms with Crippen LogP contribution in [0.1, 0.15) is 33.6 Å². The van der Waals surface area contributed by atoms with E-state index < -0.39 is 6.10 Å². The Labute approximate surface area is 131 Å². The van der Waals surface area contributed by atoms with E-state index in [2.05, 4.69) is 10.5 Å². The minimum atomic E-state index is -0.597. The SMILES string of the molecule is CCC(CC)=NNC(=O)C(C)Oc1ccc2ccccc2c1. The number of ether oxygens (including phenoxy) is 1. The van der Waals surface area contributed by atoms with E-state index in [4.69, 9.17) is 4.74 Å². The van der Waals surface area contributed by atoms with E-state index in [0.29, 0.717) is 5.75 Å². The Kier molecular flexibility index (Phi) is 5.53. The first kappa shape index (κ1) is 16.0. The average Bonchev–Trinajstić information content (AvgIpc) is 2.55. The molecule has 0 fully saturated rings. The smallest absolute Gasteiger partial charge is 0.280 e. The molecular formula is C18H22N2O2. The number of carbonyl (C=O) groups excluding carboxylic acids is 1. The van der Waals surface area contributed by atoms with Crippen molar-refractivity contribution < 1.29 is 9.53 Å². The number of nitrogens with zero attached hydrogens (tertiary/aromatic N) is 1. The number of amides is 1. The van der Waals surface area contributed by atoms with Gasteiger partial charge in [-0.2, -0.15) is 5.10 Å². The molecule has 116 valence electrons. The Hall–Kier alpha value is -2.36. The lowest BCUT2D eigenvalue weighted by molar-refractivity contribution is -0.127. The molecule has 0 heterocycles. The highest BCUT2D eigenvalue weighted by Gasteiger charge is 2.14. The highest BCUT2D eigenvalue weighted by atomic mass is 16.5. The van der Waals surface area contributed by atoms with Crippen molar-refractivity contribution >= 4 is 22.4 Å². The third-order valence-electron chi connectivity index (χ3n) is 3.54. The summed E-state index contributed by atoms with van der Waals surface area (Å²) >= 11 is 0. The fourth-order valence-corrected chi connectivity index (χ4v) is 2.13. The summed E-state index contributed by atoms with van der Waals surface area (Å²) in [5, 5.41) is 6.34. The first-order valence-electron chi connectivity index (χ1n) is 7.64. The van der Waals surface area contributed by atoms with E-state index in [9.17, 15) is 4.79 Å². The van der Waals surface area contributed by atoms with Gasteiger partial charge in [0.05, 0.1) is 0 Å². The summed E-state index contributed by atoms with van der Waals surface area (Å²) < 4.78 is 5.70. The molecule has 2 aromatic carbocycles. The summed E-state index contributed by atoms with van der Waals surface area (Å²) in [4.78, 5) is 12.0. The lowest BCUT2D eigenvalue weighted by atomic mass is 10.1. The molecule has 1 atom stereocenters. The van der Waals surface area contributed by atoms with Gasteiger partial charge in [0.1, 0.15) is 5.75 Å². The maximum atomic E-state index is 12.0. The normalized spacial score (nSPS) is 11.8. The van der Waals surface area contributed by atoms with Crippen LogP contribution in [0.4, 0.5) is 0 Å². The monoisotopic (exact) mass is 298 g/mol. The van der Waals surface area contributed by atoms with Crippen molar-refractivity contribution in [2.24, 2.45) is 5.10 Å². The Bertz CT molecular complexity index is 674. The van der Waals surface area contributed by atoms with Gasteiger partial charge in [0.15, 0.2) is 6.10 Å². The molecule has 0 aromatic heterocycles. The first-order valence-corrected chi connectivity index (χ1v) is 7.64. The standard InChI is InChI=1S/C18H22N2O2/c1-4-16(5-2)19-20-18(21)13(3)22-17-11-10-14-8-6-7-9-15(14)12-17/h6-13H,4-5H2,1-3H3,(H,20,21). The summed E-state index contributed by atoms with van der Waals surface area (Å²) in [5.74, 6) is 0.434. The number of hydrogen-bond acceptors (Lipinski definition) is 3. The quantitative estimate of drug-likeness (QED) is 0.649. The van der Waals surface area contributed by atoms with Gasteiger partial charge >= 0.3 is 0 Å². The van der Waals surface area contributed by atoms with Gasteiger partial charge in [-0.15, -0.1) is 0 Å². The topological polar surface area (TPSA) is 50.7 Å². The molecule has 4 nitrogen and oxygen atoms in total. The van der Waals surface area contributed by atoms with Crippen LogP contribution in [0.15, 0.2) is 47.6 Å². The van der Waals surface area contributed by atoms with Crippen molar-refractivity contribution in [3.63, 3.8) is 0 Å². The van der Waals surface area contributed by atoms with E-state index in [0.717, 1.165) is 29.3 Å². The van der Waals surface area contributed by atoms with E-state index >= 15 is 0 Å². The molecule has 0 saturated carbocycles. The molecule has 0 saturated heterocycles.